The van der Waals surface area contributed by atoms with Gasteiger partial charge in [0, 0.05) is 0 Å². The first kappa shape index (κ1) is 11.5. The molecule has 0 fully saturated rings. The molecule has 6 heteroatoms. The molecule has 1 aromatic rings. The Hall–Kier alpha value is -0.570. The highest BCUT2D eigenvalue weighted by molar-refractivity contribution is 6.61. The van der Waals surface area contributed by atoms with Gasteiger partial charge in [-0.3, -0.25) is 0 Å². The summed E-state index contributed by atoms with van der Waals surface area (Å²) in [5.74, 6) is 0. The normalized spacial score (nSPS) is 12.9. The second-order valence-electron chi connectivity index (χ2n) is 2.84. The monoisotopic (exact) mass is 214 g/mol. The maximum Gasteiger partial charge on any atom is 0.416 e. The van der Waals surface area contributed by atoms with Crippen molar-refractivity contribution in [2.75, 3.05) is 0 Å². The summed E-state index contributed by atoms with van der Waals surface area (Å²) in [5, 5.41) is 0. The number of halogens is 4. The summed E-state index contributed by atoms with van der Waals surface area (Å²) < 4.78 is 34.7. The molecule has 0 unspecified atom stereocenters. The van der Waals surface area contributed by atoms with Crippen LogP contribution >= 0.6 is 11.6 Å². The maximum atomic E-state index is 12.1. The van der Waals surface area contributed by atoms with Crippen LogP contribution in [0.3, 0.4) is 0 Å². The van der Waals surface area contributed by atoms with Gasteiger partial charge in [-0.05, 0) is 22.4 Å². The average molecular weight is 214 g/mol. The molecule has 0 saturated carbocycles. The molecule has 0 saturated heterocycles. The summed E-state index contributed by atoms with van der Waals surface area (Å²) in [6.07, 6.45) is -4.36. The highest BCUT2D eigenvalue weighted by Crippen LogP contribution is 2.30. The minimum Gasteiger partial charge on any atom is -0.166 e. The van der Waals surface area contributed by atoms with Crippen LogP contribution in [0.1, 0.15) is 11.1 Å². The van der Waals surface area contributed by atoms with Crippen LogP contribution in [0.2, 0.25) is 0 Å². The van der Waals surface area contributed by atoms with E-state index in [1.165, 1.54) is 0 Å². The molecule has 0 nitrogen and oxygen atoms in total. The number of rotatable bonds is 1. The van der Waals surface area contributed by atoms with E-state index in [0.717, 1.165) is 24.3 Å². The van der Waals surface area contributed by atoms with Crippen molar-refractivity contribution >= 4 is 27.3 Å². The van der Waals surface area contributed by atoms with E-state index in [4.69, 9.17) is 27.3 Å². The zero-order valence-corrected chi connectivity index (χ0v) is 7.73. The molecule has 4 radical (unpaired) electrons. The molecular formula is C8H4B2ClF3. The molecule has 0 amide bonds. The minimum absolute atomic E-state index is 0.229. The number of hydrogen-bond acceptors (Lipinski definition) is 0. The summed E-state index contributed by atoms with van der Waals surface area (Å²) in [6.45, 7) is 0. The fourth-order valence-electron chi connectivity index (χ4n) is 0.915. The van der Waals surface area contributed by atoms with Gasteiger partial charge in [0.25, 0.3) is 0 Å². The highest BCUT2D eigenvalue weighted by Gasteiger charge is 2.30. The topological polar surface area (TPSA) is 0 Å². The van der Waals surface area contributed by atoms with Crippen LogP contribution in [0.4, 0.5) is 13.2 Å². The number of benzene rings is 1. The Bertz CT molecular complexity index is 280. The third-order valence-electron chi connectivity index (χ3n) is 1.65. The SMILES string of the molecule is [B]C([B])(Cl)c1ccc(C(F)(F)F)cc1. The molecule has 14 heavy (non-hydrogen) atoms. The van der Waals surface area contributed by atoms with Gasteiger partial charge in [-0.15, -0.1) is 11.6 Å². The van der Waals surface area contributed by atoms with Crippen LogP contribution in [0, 0.1) is 0 Å². The predicted octanol–water partition coefficient (Wildman–Crippen LogP) is 2.39. The van der Waals surface area contributed by atoms with Crippen molar-refractivity contribution in [1.82, 2.24) is 0 Å². The standard InChI is InChI=1S/C8H4B2ClF3/c9-7(10,11)5-1-3-6(4-2-5)8(12,13)14/h1-4H. The van der Waals surface area contributed by atoms with E-state index in [2.05, 4.69) is 0 Å². The molecule has 0 aromatic heterocycles. The molecule has 0 heterocycles. The highest BCUT2D eigenvalue weighted by atomic mass is 35.5. The van der Waals surface area contributed by atoms with Crippen molar-refractivity contribution in [2.24, 2.45) is 0 Å². The third kappa shape index (κ3) is 2.71. The molecule has 0 bridgehead atoms. The Morgan fingerprint density at radius 2 is 1.29 bits per heavy atom. The molecule has 1 rings (SSSR count). The lowest BCUT2D eigenvalue weighted by atomic mass is 9.65. The lowest BCUT2D eigenvalue weighted by molar-refractivity contribution is -0.137. The first-order chi connectivity index (χ1) is 6.21. The fraction of sp³-hybridized carbons (Fsp3) is 0.250. The molecule has 0 atom stereocenters. The number of alkyl halides is 4. The second-order valence-corrected chi connectivity index (χ2v) is 3.47. The van der Waals surface area contributed by atoms with Gasteiger partial charge in [0.2, 0.25) is 0 Å². The Morgan fingerprint density at radius 1 is 0.929 bits per heavy atom. The quantitative estimate of drug-likeness (QED) is 0.497. The van der Waals surface area contributed by atoms with Crippen molar-refractivity contribution in [3.05, 3.63) is 35.4 Å². The van der Waals surface area contributed by atoms with E-state index in [1.54, 1.807) is 0 Å². The largest absolute Gasteiger partial charge is 0.416 e. The van der Waals surface area contributed by atoms with Crippen molar-refractivity contribution < 1.29 is 13.2 Å². The van der Waals surface area contributed by atoms with E-state index in [1.807, 2.05) is 0 Å². The van der Waals surface area contributed by atoms with Gasteiger partial charge in [-0.25, -0.2) is 0 Å². The van der Waals surface area contributed by atoms with Crippen LogP contribution < -0.4 is 0 Å². The van der Waals surface area contributed by atoms with E-state index in [-0.39, 0.29) is 5.56 Å². The molecule has 0 aliphatic rings. The molecule has 70 valence electrons. The van der Waals surface area contributed by atoms with Crippen LogP contribution in [0.5, 0.6) is 0 Å². The van der Waals surface area contributed by atoms with E-state index in [0.29, 0.717) is 0 Å². The molecular weight excluding hydrogens is 210 g/mol. The van der Waals surface area contributed by atoms with E-state index >= 15 is 0 Å². The second kappa shape index (κ2) is 3.54. The van der Waals surface area contributed by atoms with E-state index in [9.17, 15) is 13.2 Å². The fourth-order valence-corrected chi connectivity index (χ4v) is 1.04. The third-order valence-corrected chi connectivity index (χ3v) is 1.87. The zero-order valence-electron chi connectivity index (χ0n) is 6.98. The Balaban J connectivity index is 3.02. The van der Waals surface area contributed by atoms with Gasteiger partial charge in [0.1, 0.15) is 0 Å². The predicted molar refractivity (Wildman–Crippen MR) is 50.5 cm³/mol. The molecule has 0 aliphatic heterocycles. The summed E-state index contributed by atoms with van der Waals surface area (Å²) >= 11 is 5.50. The average Bonchev–Trinajstić information content (AvgIpc) is 2.01. The molecule has 1 aromatic carbocycles. The summed E-state index contributed by atoms with van der Waals surface area (Å²) in [5.41, 5.74) is -0.533. The Morgan fingerprint density at radius 3 is 1.57 bits per heavy atom. The van der Waals surface area contributed by atoms with Gasteiger partial charge < -0.3 is 0 Å². The summed E-state index contributed by atoms with van der Waals surface area (Å²) in [6, 6.07) is 4.06. The van der Waals surface area contributed by atoms with Gasteiger partial charge in [-0.1, -0.05) is 12.1 Å². The lowest BCUT2D eigenvalue weighted by Crippen LogP contribution is -2.18. The van der Waals surface area contributed by atoms with Crippen LogP contribution in [-0.2, 0) is 10.8 Å². The van der Waals surface area contributed by atoms with Crippen molar-refractivity contribution in [3.63, 3.8) is 0 Å². The summed E-state index contributed by atoms with van der Waals surface area (Å²) in [4.78, 5) is 0. The van der Waals surface area contributed by atoms with Gasteiger partial charge in [-0.2, -0.15) is 13.2 Å². The zero-order chi connectivity index (χ0) is 11.0. The van der Waals surface area contributed by atoms with Crippen LogP contribution in [0.25, 0.3) is 0 Å². The van der Waals surface area contributed by atoms with Gasteiger partial charge in [0.05, 0.1) is 21.3 Å². The minimum atomic E-state index is -4.36. The first-order valence-electron chi connectivity index (χ1n) is 3.65. The Kier molecular flexibility index (Phi) is 2.91. The molecule has 0 spiro atoms. The number of hydrogen-bond donors (Lipinski definition) is 0. The summed E-state index contributed by atoms with van der Waals surface area (Å²) in [7, 11) is 10.6. The van der Waals surface area contributed by atoms with Crippen LogP contribution in [0.15, 0.2) is 24.3 Å². The van der Waals surface area contributed by atoms with Crippen molar-refractivity contribution in [2.45, 2.75) is 10.8 Å². The van der Waals surface area contributed by atoms with Crippen LogP contribution in [-0.4, -0.2) is 15.7 Å². The Labute approximate surface area is 87.3 Å². The first-order valence-corrected chi connectivity index (χ1v) is 4.03. The van der Waals surface area contributed by atoms with Crippen molar-refractivity contribution in [3.8, 4) is 0 Å². The smallest absolute Gasteiger partial charge is 0.166 e. The van der Waals surface area contributed by atoms with Gasteiger partial charge in [0.15, 0.2) is 0 Å². The van der Waals surface area contributed by atoms with E-state index < -0.39 is 16.4 Å². The molecule has 0 N–H and O–H groups in total. The van der Waals surface area contributed by atoms with Crippen molar-refractivity contribution in [1.29, 1.82) is 0 Å². The maximum absolute atomic E-state index is 12.1. The van der Waals surface area contributed by atoms with Gasteiger partial charge >= 0.3 is 6.18 Å². The molecule has 0 aliphatic carbocycles. The lowest BCUT2D eigenvalue weighted by Gasteiger charge is -2.17.